The second kappa shape index (κ2) is 8.84. The standard InChI is InChI=1S/C25H19BrClN5O/c1-15-21(24(33)29-20-8-3-2-4-9-20)22(17-6-5-7-18(26)14-17)32-25(28-15)30-23(31-32)16-10-12-19(27)13-11-16/h2-14,22H,1H3,(H,29,33)(H,28,30,31). The molecule has 0 radical (unpaired) electrons. The fourth-order valence-electron chi connectivity index (χ4n) is 3.87. The average molecular weight is 521 g/mol. The fourth-order valence-corrected chi connectivity index (χ4v) is 4.41. The molecule has 0 fully saturated rings. The predicted molar refractivity (Wildman–Crippen MR) is 134 cm³/mol. The van der Waals surface area contributed by atoms with Crippen LogP contribution in [0.2, 0.25) is 5.02 Å². The first-order valence-electron chi connectivity index (χ1n) is 10.3. The highest BCUT2D eigenvalue weighted by atomic mass is 79.9. The van der Waals surface area contributed by atoms with Gasteiger partial charge in [-0.15, -0.1) is 5.10 Å². The van der Waals surface area contributed by atoms with E-state index in [0.29, 0.717) is 22.4 Å². The highest BCUT2D eigenvalue weighted by Crippen LogP contribution is 2.37. The van der Waals surface area contributed by atoms with Crippen molar-refractivity contribution in [2.24, 2.45) is 0 Å². The monoisotopic (exact) mass is 519 g/mol. The number of nitrogens with one attached hydrogen (secondary N) is 2. The molecule has 8 heteroatoms. The number of hydrogen-bond acceptors (Lipinski definition) is 4. The van der Waals surface area contributed by atoms with Gasteiger partial charge in [-0.2, -0.15) is 4.98 Å². The number of para-hydroxylation sites is 1. The van der Waals surface area contributed by atoms with Crippen LogP contribution in [0.4, 0.5) is 11.6 Å². The molecule has 6 nitrogen and oxygen atoms in total. The van der Waals surface area contributed by atoms with E-state index in [1.807, 2.05) is 73.7 Å². The molecule has 1 unspecified atom stereocenters. The number of amides is 1. The Kier molecular flexibility index (Phi) is 5.74. The first kappa shape index (κ1) is 21.4. The molecule has 1 atom stereocenters. The molecule has 0 saturated heterocycles. The van der Waals surface area contributed by atoms with E-state index < -0.39 is 6.04 Å². The van der Waals surface area contributed by atoms with Crippen molar-refractivity contribution in [1.29, 1.82) is 0 Å². The van der Waals surface area contributed by atoms with Crippen LogP contribution in [0.15, 0.2) is 94.6 Å². The number of aromatic nitrogens is 3. The summed E-state index contributed by atoms with van der Waals surface area (Å²) in [5.74, 6) is 0.913. The molecule has 1 amide bonds. The third kappa shape index (κ3) is 4.29. The van der Waals surface area contributed by atoms with Crippen LogP contribution in [0.25, 0.3) is 11.4 Å². The van der Waals surface area contributed by atoms with E-state index in [9.17, 15) is 4.79 Å². The predicted octanol–water partition coefficient (Wildman–Crippen LogP) is 6.29. The molecule has 1 aliphatic heterocycles. The van der Waals surface area contributed by atoms with Gasteiger partial charge in [-0.25, -0.2) is 4.68 Å². The molecule has 3 aromatic carbocycles. The van der Waals surface area contributed by atoms with Crippen molar-refractivity contribution in [3.63, 3.8) is 0 Å². The summed E-state index contributed by atoms with van der Waals surface area (Å²) in [7, 11) is 0. The lowest BCUT2D eigenvalue weighted by Gasteiger charge is -2.28. The van der Waals surface area contributed by atoms with Gasteiger partial charge in [0.15, 0.2) is 5.82 Å². The van der Waals surface area contributed by atoms with Crippen molar-refractivity contribution in [3.05, 3.63) is 105 Å². The molecular formula is C25H19BrClN5O. The first-order chi connectivity index (χ1) is 16.0. The zero-order chi connectivity index (χ0) is 22.9. The summed E-state index contributed by atoms with van der Waals surface area (Å²) >= 11 is 9.60. The van der Waals surface area contributed by atoms with Gasteiger partial charge in [-0.05, 0) is 61.0 Å². The fraction of sp³-hybridized carbons (Fsp3) is 0.0800. The van der Waals surface area contributed by atoms with Gasteiger partial charge in [0, 0.05) is 26.4 Å². The van der Waals surface area contributed by atoms with Crippen LogP contribution in [-0.2, 0) is 4.79 Å². The molecule has 5 rings (SSSR count). The summed E-state index contributed by atoms with van der Waals surface area (Å²) in [5.41, 5.74) is 3.76. The van der Waals surface area contributed by atoms with E-state index in [1.165, 1.54) is 0 Å². The minimum Gasteiger partial charge on any atom is -0.328 e. The molecule has 0 spiro atoms. The highest BCUT2D eigenvalue weighted by Gasteiger charge is 2.34. The molecule has 1 aromatic heterocycles. The minimum absolute atomic E-state index is 0.203. The number of allylic oxidation sites excluding steroid dienone is 1. The quantitative estimate of drug-likeness (QED) is 0.332. The Morgan fingerprint density at radius 2 is 1.82 bits per heavy atom. The average Bonchev–Trinajstić information content (AvgIpc) is 3.22. The van der Waals surface area contributed by atoms with Gasteiger partial charge in [0.05, 0.1) is 5.57 Å². The normalized spacial score (nSPS) is 15.1. The van der Waals surface area contributed by atoms with Crippen molar-refractivity contribution in [2.45, 2.75) is 13.0 Å². The van der Waals surface area contributed by atoms with Gasteiger partial charge in [0.25, 0.3) is 5.91 Å². The zero-order valence-corrected chi connectivity index (χ0v) is 19.9. The van der Waals surface area contributed by atoms with Crippen LogP contribution >= 0.6 is 27.5 Å². The second-order valence-corrected chi connectivity index (χ2v) is 9.00. The second-order valence-electron chi connectivity index (χ2n) is 7.65. The zero-order valence-electron chi connectivity index (χ0n) is 17.6. The van der Waals surface area contributed by atoms with Crippen molar-refractivity contribution >= 4 is 45.1 Å². The smallest absolute Gasteiger partial charge is 0.255 e. The van der Waals surface area contributed by atoms with Crippen molar-refractivity contribution in [1.82, 2.24) is 14.8 Å². The lowest BCUT2D eigenvalue weighted by molar-refractivity contribution is -0.113. The molecular weight excluding hydrogens is 502 g/mol. The van der Waals surface area contributed by atoms with Crippen LogP contribution in [0.1, 0.15) is 18.5 Å². The number of halogens is 2. The molecule has 0 bridgehead atoms. The van der Waals surface area contributed by atoms with Gasteiger partial charge in [0.1, 0.15) is 6.04 Å². The summed E-state index contributed by atoms with van der Waals surface area (Å²) in [6, 6.07) is 24.2. The summed E-state index contributed by atoms with van der Waals surface area (Å²) in [5, 5.41) is 11.7. The maximum Gasteiger partial charge on any atom is 0.255 e. The van der Waals surface area contributed by atoms with Gasteiger partial charge in [0.2, 0.25) is 5.95 Å². The number of nitrogens with zero attached hydrogens (tertiary/aromatic N) is 3. The van der Waals surface area contributed by atoms with E-state index in [1.54, 1.807) is 16.8 Å². The van der Waals surface area contributed by atoms with Crippen molar-refractivity contribution < 1.29 is 4.79 Å². The summed E-state index contributed by atoms with van der Waals surface area (Å²) in [4.78, 5) is 18.2. The number of anilines is 2. The van der Waals surface area contributed by atoms with Crippen LogP contribution in [0.3, 0.4) is 0 Å². The highest BCUT2D eigenvalue weighted by molar-refractivity contribution is 9.10. The van der Waals surface area contributed by atoms with Crippen molar-refractivity contribution in [3.8, 4) is 11.4 Å². The SMILES string of the molecule is CC1=C(C(=O)Nc2ccccc2)C(c2cccc(Br)c2)n2nc(-c3ccc(Cl)cc3)nc2N1. The molecule has 4 aromatic rings. The van der Waals surface area contributed by atoms with E-state index in [0.717, 1.165) is 27.0 Å². The molecule has 2 N–H and O–H groups in total. The number of carbonyl (C=O) groups excluding carboxylic acids is 1. The Balaban J connectivity index is 1.61. The van der Waals surface area contributed by atoms with E-state index in [4.69, 9.17) is 21.7 Å². The first-order valence-corrected chi connectivity index (χ1v) is 11.5. The molecule has 0 saturated carbocycles. The Labute approximate surface area is 204 Å². The molecule has 0 aliphatic carbocycles. The third-order valence-electron chi connectivity index (χ3n) is 5.40. The number of benzene rings is 3. The number of carbonyl (C=O) groups is 1. The summed E-state index contributed by atoms with van der Waals surface area (Å²) in [6.07, 6.45) is 0. The Hall–Kier alpha value is -3.42. The van der Waals surface area contributed by atoms with E-state index in [-0.39, 0.29) is 5.91 Å². The van der Waals surface area contributed by atoms with Gasteiger partial charge >= 0.3 is 0 Å². The molecule has 164 valence electrons. The summed E-state index contributed by atoms with van der Waals surface area (Å²) < 4.78 is 2.68. The number of hydrogen-bond donors (Lipinski definition) is 2. The van der Waals surface area contributed by atoms with Gasteiger partial charge in [-0.3, -0.25) is 4.79 Å². The Morgan fingerprint density at radius 1 is 1.06 bits per heavy atom. The third-order valence-corrected chi connectivity index (χ3v) is 6.14. The van der Waals surface area contributed by atoms with E-state index in [2.05, 4.69) is 26.6 Å². The topological polar surface area (TPSA) is 71.8 Å². The van der Waals surface area contributed by atoms with E-state index >= 15 is 0 Å². The lowest BCUT2D eigenvalue weighted by atomic mass is 9.95. The van der Waals surface area contributed by atoms with Crippen LogP contribution in [0.5, 0.6) is 0 Å². The minimum atomic E-state index is -0.462. The van der Waals surface area contributed by atoms with Crippen LogP contribution in [0, 0.1) is 0 Å². The van der Waals surface area contributed by atoms with Crippen molar-refractivity contribution in [2.75, 3.05) is 10.6 Å². The van der Waals surface area contributed by atoms with Gasteiger partial charge in [-0.1, -0.05) is 57.9 Å². The van der Waals surface area contributed by atoms with Gasteiger partial charge < -0.3 is 10.6 Å². The summed E-state index contributed by atoms with van der Waals surface area (Å²) in [6.45, 7) is 1.88. The molecule has 1 aliphatic rings. The lowest BCUT2D eigenvalue weighted by Crippen LogP contribution is -2.31. The largest absolute Gasteiger partial charge is 0.328 e. The Bertz CT molecular complexity index is 1370. The van der Waals surface area contributed by atoms with Crippen LogP contribution in [-0.4, -0.2) is 20.7 Å². The Morgan fingerprint density at radius 3 is 2.55 bits per heavy atom. The number of fused-ring (bicyclic) bond motifs is 1. The number of rotatable bonds is 4. The van der Waals surface area contributed by atoms with Crippen LogP contribution < -0.4 is 10.6 Å². The maximum atomic E-state index is 13.5. The maximum absolute atomic E-state index is 13.5. The molecule has 33 heavy (non-hydrogen) atoms. The molecule has 2 heterocycles.